The lowest BCUT2D eigenvalue weighted by molar-refractivity contribution is -0.130. The van der Waals surface area contributed by atoms with E-state index in [4.69, 9.17) is 9.47 Å². The molecule has 0 saturated carbocycles. The van der Waals surface area contributed by atoms with Gasteiger partial charge in [0, 0.05) is 6.61 Å². The molecule has 1 amide bonds. The number of amides is 1. The van der Waals surface area contributed by atoms with Gasteiger partial charge in [0.05, 0.1) is 6.54 Å². The second-order valence-electron chi connectivity index (χ2n) is 5.43. The van der Waals surface area contributed by atoms with Gasteiger partial charge in [0.15, 0.2) is 0 Å². The number of carbonyl (C=O) groups is 1. The first-order valence-electron chi connectivity index (χ1n) is 7.47. The summed E-state index contributed by atoms with van der Waals surface area (Å²) in [6.45, 7) is 1.72. The van der Waals surface area contributed by atoms with Gasteiger partial charge in [-0.3, -0.25) is 4.79 Å². The van der Waals surface area contributed by atoms with Crippen molar-refractivity contribution in [3.8, 4) is 5.75 Å². The number of rotatable bonds is 5. The molecule has 1 aromatic rings. The van der Waals surface area contributed by atoms with Gasteiger partial charge in [-0.05, 0) is 55.4 Å². The van der Waals surface area contributed by atoms with Crippen molar-refractivity contribution in [2.24, 2.45) is 0 Å². The zero-order valence-corrected chi connectivity index (χ0v) is 11.7. The van der Waals surface area contributed by atoms with Crippen molar-refractivity contribution < 1.29 is 14.3 Å². The minimum absolute atomic E-state index is 0.0138. The molecule has 108 valence electrons. The summed E-state index contributed by atoms with van der Waals surface area (Å²) >= 11 is 0. The lowest BCUT2D eigenvalue weighted by Crippen LogP contribution is -2.36. The molecule has 1 aliphatic carbocycles. The van der Waals surface area contributed by atoms with Crippen molar-refractivity contribution in [1.82, 2.24) is 5.32 Å². The lowest BCUT2D eigenvalue weighted by Gasteiger charge is -2.11. The molecule has 0 bridgehead atoms. The summed E-state index contributed by atoms with van der Waals surface area (Å²) in [4.78, 5) is 11.7. The molecule has 1 atom stereocenters. The quantitative estimate of drug-likeness (QED) is 0.834. The molecule has 2 aliphatic rings. The molecule has 20 heavy (non-hydrogen) atoms. The van der Waals surface area contributed by atoms with Gasteiger partial charge in [0.1, 0.15) is 18.5 Å². The summed E-state index contributed by atoms with van der Waals surface area (Å²) in [5.74, 6) is 0.886. The van der Waals surface area contributed by atoms with Crippen molar-refractivity contribution in [2.75, 3.05) is 19.8 Å². The van der Waals surface area contributed by atoms with Gasteiger partial charge in [0.25, 0.3) is 0 Å². The average molecular weight is 275 g/mol. The van der Waals surface area contributed by atoms with E-state index in [1.165, 1.54) is 24.0 Å². The van der Waals surface area contributed by atoms with Crippen LogP contribution < -0.4 is 10.1 Å². The van der Waals surface area contributed by atoms with Gasteiger partial charge in [0.2, 0.25) is 5.91 Å². The SMILES string of the molecule is O=C(NCCOc1ccc2c(c1)CCC2)[C@H]1CCCO1. The maximum atomic E-state index is 11.7. The highest BCUT2D eigenvalue weighted by Gasteiger charge is 2.22. The number of fused-ring (bicyclic) bond motifs is 1. The Balaban J connectivity index is 1.40. The van der Waals surface area contributed by atoms with Gasteiger partial charge < -0.3 is 14.8 Å². The summed E-state index contributed by atoms with van der Waals surface area (Å²) < 4.78 is 11.0. The average Bonchev–Trinajstić information content (AvgIpc) is 3.13. The van der Waals surface area contributed by atoms with Crippen LogP contribution in [0.5, 0.6) is 5.75 Å². The number of aryl methyl sites for hydroxylation is 2. The normalized spacial score (nSPS) is 20.7. The Morgan fingerprint density at radius 2 is 2.20 bits per heavy atom. The summed E-state index contributed by atoms with van der Waals surface area (Å²) in [5, 5.41) is 2.86. The standard InChI is InChI=1S/C16H21NO3/c18-16(15-5-2-9-20-15)17-8-10-19-14-7-6-12-3-1-4-13(12)11-14/h6-7,11,15H,1-5,8-10H2,(H,17,18)/t15-/m1/s1. The van der Waals surface area contributed by atoms with Gasteiger partial charge in [-0.2, -0.15) is 0 Å². The highest BCUT2D eigenvalue weighted by molar-refractivity contribution is 5.80. The highest BCUT2D eigenvalue weighted by atomic mass is 16.5. The summed E-state index contributed by atoms with van der Waals surface area (Å²) in [7, 11) is 0. The van der Waals surface area contributed by atoms with Gasteiger partial charge in [-0.25, -0.2) is 0 Å². The molecule has 0 spiro atoms. The minimum Gasteiger partial charge on any atom is -0.492 e. The molecule has 1 N–H and O–H groups in total. The summed E-state index contributed by atoms with van der Waals surface area (Å²) in [6, 6.07) is 6.30. The third kappa shape index (κ3) is 3.12. The number of carbonyl (C=O) groups excluding carboxylic acids is 1. The number of hydrogen-bond acceptors (Lipinski definition) is 3. The van der Waals surface area contributed by atoms with Crippen molar-refractivity contribution in [1.29, 1.82) is 0 Å². The molecule has 1 heterocycles. The third-order valence-electron chi connectivity index (χ3n) is 3.96. The fourth-order valence-electron chi connectivity index (χ4n) is 2.88. The van der Waals surface area contributed by atoms with E-state index in [1.807, 2.05) is 6.07 Å². The molecular formula is C16H21NO3. The van der Waals surface area contributed by atoms with Gasteiger partial charge in [-0.1, -0.05) is 6.07 Å². The monoisotopic (exact) mass is 275 g/mol. The zero-order chi connectivity index (χ0) is 13.8. The molecule has 0 radical (unpaired) electrons. The van der Waals surface area contributed by atoms with Crippen LogP contribution in [-0.2, 0) is 22.4 Å². The van der Waals surface area contributed by atoms with Gasteiger partial charge in [-0.15, -0.1) is 0 Å². The molecule has 1 aliphatic heterocycles. The smallest absolute Gasteiger partial charge is 0.249 e. The summed E-state index contributed by atoms with van der Waals surface area (Å²) in [5.41, 5.74) is 2.86. The van der Waals surface area contributed by atoms with Crippen LogP contribution in [0, 0.1) is 0 Å². The molecule has 1 fully saturated rings. The molecule has 4 nitrogen and oxygen atoms in total. The van der Waals surface area contributed by atoms with Gasteiger partial charge >= 0.3 is 0 Å². The fraction of sp³-hybridized carbons (Fsp3) is 0.562. The van der Waals surface area contributed by atoms with Crippen molar-refractivity contribution in [3.05, 3.63) is 29.3 Å². The molecule has 3 rings (SSSR count). The van der Waals surface area contributed by atoms with Crippen LogP contribution in [0.1, 0.15) is 30.4 Å². The Labute approximate surface area is 119 Å². The topological polar surface area (TPSA) is 47.6 Å². The Bertz CT molecular complexity index is 481. The Morgan fingerprint density at radius 3 is 3.05 bits per heavy atom. The highest BCUT2D eigenvalue weighted by Crippen LogP contribution is 2.25. The van der Waals surface area contributed by atoms with Crippen LogP contribution in [0.15, 0.2) is 18.2 Å². The van der Waals surface area contributed by atoms with Crippen LogP contribution in [0.4, 0.5) is 0 Å². The van der Waals surface area contributed by atoms with E-state index in [0.29, 0.717) is 19.8 Å². The maximum Gasteiger partial charge on any atom is 0.249 e. The largest absolute Gasteiger partial charge is 0.492 e. The number of hydrogen-bond donors (Lipinski definition) is 1. The molecule has 1 aromatic carbocycles. The fourth-order valence-corrected chi connectivity index (χ4v) is 2.88. The van der Waals surface area contributed by atoms with Crippen LogP contribution in [0.25, 0.3) is 0 Å². The molecule has 4 heteroatoms. The second kappa shape index (κ2) is 6.27. The summed E-state index contributed by atoms with van der Waals surface area (Å²) in [6.07, 6.45) is 5.14. The molecular weight excluding hydrogens is 254 g/mol. The molecule has 1 saturated heterocycles. The third-order valence-corrected chi connectivity index (χ3v) is 3.96. The number of nitrogens with one attached hydrogen (secondary N) is 1. The van der Waals surface area contributed by atoms with E-state index in [1.54, 1.807) is 0 Å². The first kappa shape index (κ1) is 13.4. The maximum absolute atomic E-state index is 11.7. The first-order chi connectivity index (χ1) is 9.83. The van der Waals surface area contributed by atoms with E-state index in [-0.39, 0.29) is 12.0 Å². The minimum atomic E-state index is -0.255. The van der Waals surface area contributed by atoms with Crippen molar-refractivity contribution in [3.63, 3.8) is 0 Å². The molecule has 0 unspecified atom stereocenters. The Kier molecular flexibility index (Phi) is 4.21. The molecule has 0 aromatic heterocycles. The first-order valence-corrected chi connectivity index (χ1v) is 7.47. The van der Waals surface area contributed by atoms with Crippen LogP contribution in [0.2, 0.25) is 0 Å². The predicted octanol–water partition coefficient (Wildman–Crippen LogP) is 1.85. The predicted molar refractivity (Wildman–Crippen MR) is 75.9 cm³/mol. The second-order valence-corrected chi connectivity index (χ2v) is 5.43. The van der Waals surface area contributed by atoms with Crippen LogP contribution in [0.3, 0.4) is 0 Å². The number of benzene rings is 1. The van der Waals surface area contributed by atoms with Crippen molar-refractivity contribution in [2.45, 2.75) is 38.2 Å². The zero-order valence-electron chi connectivity index (χ0n) is 11.7. The Morgan fingerprint density at radius 1 is 1.30 bits per heavy atom. The van der Waals surface area contributed by atoms with E-state index >= 15 is 0 Å². The van der Waals surface area contributed by atoms with E-state index in [0.717, 1.165) is 25.0 Å². The van der Waals surface area contributed by atoms with Crippen LogP contribution >= 0.6 is 0 Å². The van der Waals surface area contributed by atoms with Crippen molar-refractivity contribution >= 4 is 5.91 Å². The lowest BCUT2D eigenvalue weighted by atomic mass is 10.1. The van der Waals surface area contributed by atoms with E-state index in [9.17, 15) is 4.79 Å². The number of ether oxygens (including phenoxy) is 2. The van der Waals surface area contributed by atoms with E-state index in [2.05, 4.69) is 17.4 Å². The van der Waals surface area contributed by atoms with Crippen LogP contribution in [-0.4, -0.2) is 31.8 Å². The van der Waals surface area contributed by atoms with E-state index < -0.39 is 0 Å². The Hall–Kier alpha value is -1.55.